The molecule has 0 saturated carbocycles. The molecule has 0 aliphatic carbocycles. The number of aromatic hydroxyl groups is 1. The maximum absolute atomic E-state index is 12.3. The maximum atomic E-state index is 12.3. The van der Waals surface area contributed by atoms with Crippen LogP contribution in [-0.4, -0.2) is 50.9 Å². The molecule has 2 aromatic rings. The number of hydrogen-bond donors (Lipinski definition) is 1. The number of carbonyl (C=O) groups excluding carboxylic acids is 1. The molecule has 6 heteroatoms. The van der Waals surface area contributed by atoms with Gasteiger partial charge in [0.2, 0.25) is 0 Å². The number of allylic oxidation sites excluding steroid dienone is 1. The Hall–Kier alpha value is -2.09. The number of fused-ring (bicyclic) bond motifs is 2. The zero-order chi connectivity index (χ0) is 18.1. The van der Waals surface area contributed by atoms with Crippen molar-refractivity contribution in [3.63, 3.8) is 0 Å². The molecule has 2 aliphatic rings. The number of piperazine rings is 1. The molecule has 136 valence electrons. The second kappa shape index (κ2) is 7.26. The molecule has 3 heterocycles. The molecule has 4 rings (SSSR count). The summed E-state index contributed by atoms with van der Waals surface area (Å²) in [7, 11) is 0. The Labute approximate surface area is 163 Å². The fourth-order valence-corrected chi connectivity index (χ4v) is 4.87. The summed E-state index contributed by atoms with van der Waals surface area (Å²) in [6.45, 7) is 1.85. The number of pyridine rings is 1. The number of para-hydroxylation sites is 1. The van der Waals surface area contributed by atoms with E-state index in [-0.39, 0.29) is 32.7 Å². The third-order valence-electron chi connectivity index (χ3n) is 5.09. The number of anilines is 1. The minimum atomic E-state index is -0.163. The third kappa shape index (κ3) is 3.30. The first-order valence-corrected chi connectivity index (χ1v) is 11.9. The van der Waals surface area contributed by atoms with E-state index < -0.39 is 0 Å². The van der Waals surface area contributed by atoms with Crippen LogP contribution in [0.2, 0.25) is 0 Å². The summed E-state index contributed by atoms with van der Waals surface area (Å²) in [4.78, 5) is 23.8. The van der Waals surface area contributed by atoms with Crippen LogP contribution >= 0.6 is 0 Å². The molecule has 0 unspecified atom stereocenters. The Morgan fingerprint density at radius 2 is 2.12 bits per heavy atom. The first kappa shape index (κ1) is 17.3. The standard InChI is InChI=1S/C20H21IN3O2/c1-21-14-6-8-22-20(10-14)24-13-15-11-16(24)12-23(15)9-7-19(26)17-4-2-3-5-18(17)25/h2-10,15-16,25H,11-13H2,1H3/q-1/b9-7+/t15-,16-/m1/s1. The van der Waals surface area contributed by atoms with Crippen molar-refractivity contribution >= 4 is 11.6 Å². The third-order valence-corrected chi connectivity index (χ3v) is 7.01. The summed E-state index contributed by atoms with van der Waals surface area (Å²) in [5, 5.41) is 9.80. The molecule has 1 N–H and O–H groups in total. The van der Waals surface area contributed by atoms with Crippen molar-refractivity contribution in [1.82, 2.24) is 9.88 Å². The second-order valence-electron chi connectivity index (χ2n) is 6.61. The summed E-state index contributed by atoms with van der Waals surface area (Å²) in [6.07, 6.45) is 6.48. The van der Waals surface area contributed by atoms with Gasteiger partial charge in [0.25, 0.3) is 0 Å². The predicted octanol–water partition coefficient (Wildman–Crippen LogP) is -0.665. The van der Waals surface area contributed by atoms with Gasteiger partial charge < -0.3 is 5.11 Å². The number of aromatic nitrogens is 1. The van der Waals surface area contributed by atoms with E-state index >= 15 is 0 Å². The molecule has 0 radical (unpaired) electrons. The minimum absolute atomic E-state index is 0.0287. The van der Waals surface area contributed by atoms with Crippen LogP contribution < -0.4 is 26.1 Å². The summed E-state index contributed by atoms with van der Waals surface area (Å²) < 4.78 is 1.42. The van der Waals surface area contributed by atoms with E-state index in [9.17, 15) is 9.90 Å². The van der Waals surface area contributed by atoms with Gasteiger partial charge in [0.1, 0.15) is 0 Å². The Balaban J connectivity index is 1.42. The van der Waals surface area contributed by atoms with Gasteiger partial charge in [0.15, 0.2) is 0 Å². The molecule has 26 heavy (non-hydrogen) atoms. The number of halogens is 1. The van der Waals surface area contributed by atoms with E-state index in [0.717, 1.165) is 25.3 Å². The topological polar surface area (TPSA) is 56.7 Å². The SMILES string of the molecule is C[I-]c1ccnc(N2C[C@H]3C[C@@H]2CN3/C=C/C(=O)c2ccccc2O)c1. The van der Waals surface area contributed by atoms with Gasteiger partial charge in [-0.25, -0.2) is 0 Å². The van der Waals surface area contributed by atoms with Crippen LogP contribution in [-0.2, 0) is 0 Å². The van der Waals surface area contributed by atoms with Crippen LogP contribution in [0.4, 0.5) is 5.82 Å². The first-order chi connectivity index (χ1) is 12.7. The predicted molar refractivity (Wildman–Crippen MR) is 96.7 cm³/mol. The van der Waals surface area contributed by atoms with Gasteiger partial charge in [-0.3, -0.25) is 0 Å². The van der Waals surface area contributed by atoms with E-state index in [1.54, 1.807) is 24.3 Å². The number of ketones is 1. The number of phenolic OH excluding ortho intramolecular Hbond substituents is 1. The van der Waals surface area contributed by atoms with Gasteiger partial charge in [0, 0.05) is 0 Å². The van der Waals surface area contributed by atoms with Crippen molar-refractivity contribution in [2.75, 3.05) is 22.9 Å². The summed E-state index contributed by atoms with van der Waals surface area (Å²) in [5.41, 5.74) is 0.346. The van der Waals surface area contributed by atoms with Crippen molar-refractivity contribution in [3.05, 3.63) is 64.0 Å². The van der Waals surface area contributed by atoms with E-state index in [2.05, 4.69) is 31.8 Å². The van der Waals surface area contributed by atoms with Crippen LogP contribution in [0.15, 0.2) is 54.9 Å². The number of phenols is 1. The van der Waals surface area contributed by atoms with Crippen molar-refractivity contribution in [3.8, 4) is 5.75 Å². The zero-order valence-corrected chi connectivity index (χ0v) is 16.7. The van der Waals surface area contributed by atoms with Crippen molar-refractivity contribution in [1.29, 1.82) is 0 Å². The van der Waals surface area contributed by atoms with E-state index in [0.29, 0.717) is 17.6 Å². The molecule has 2 saturated heterocycles. The molecular weight excluding hydrogens is 441 g/mol. The van der Waals surface area contributed by atoms with Crippen LogP contribution in [0.1, 0.15) is 16.8 Å². The number of hydrogen-bond acceptors (Lipinski definition) is 5. The van der Waals surface area contributed by atoms with Gasteiger partial charge in [-0.2, -0.15) is 0 Å². The van der Waals surface area contributed by atoms with Gasteiger partial charge in [-0.15, -0.1) is 0 Å². The Kier molecular flexibility index (Phi) is 4.84. The van der Waals surface area contributed by atoms with Gasteiger partial charge >= 0.3 is 140 Å². The molecule has 1 aromatic heterocycles. The van der Waals surface area contributed by atoms with Crippen LogP contribution in [0, 0.1) is 3.57 Å². The summed E-state index contributed by atoms with van der Waals surface area (Å²) >= 11 is 0.0749. The fraction of sp³-hybridized carbons (Fsp3) is 0.300. The second-order valence-corrected chi connectivity index (χ2v) is 8.94. The average molecular weight is 462 g/mol. The molecule has 2 aliphatic heterocycles. The number of nitrogens with zero attached hydrogens (tertiary/aromatic N) is 3. The normalized spacial score (nSPS) is 21.9. The van der Waals surface area contributed by atoms with Crippen molar-refractivity contribution in [2.45, 2.75) is 18.5 Å². The monoisotopic (exact) mass is 462 g/mol. The Morgan fingerprint density at radius 1 is 1.27 bits per heavy atom. The molecule has 1 aromatic carbocycles. The Morgan fingerprint density at radius 3 is 2.85 bits per heavy atom. The molecule has 2 atom stereocenters. The van der Waals surface area contributed by atoms with Gasteiger partial charge in [-0.1, -0.05) is 12.1 Å². The number of alkyl halides is 1. The number of rotatable bonds is 5. The summed E-state index contributed by atoms with van der Waals surface area (Å²) in [6, 6.07) is 11.9. The van der Waals surface area contributed by atoms with E-state index in [4.69, 9.17) is 0 Å². The van der Waals surface area contributed by atoms with E-state index in [1.807, 2.05) is 12.4 Å². The van der Waals surface area contributed by atoms with Crippen LogP contribution in [0.5, 0.6) is 5.75 Å². The molecular formula is C20H21IN3O2-. The van der Waals surface area contributed by atoms with Crippen LogP contribution in [0.3, 0.4) is 0 Å². The Bertz CT molecular complexity index is 854. The quantitative estimate of drug-likeness (QED) is 0.277. The molecule has 2 bridgehead atoms. The zero-order valence-electron chi connectivity index (χ0n) is 14.5. The van der Waals surface area contributed by atoms with Gasteiger partial charge in [-0.05, 0) is 6.07 Å². The van der Waals surface area contributed by atoms with Crippen molar-refractivity contribution < 1.29 is 31.1 Å². The molecule has 2 fully saturated rings. The van der Waals surface area contributed by atoms with E-state index in [1.165, 1.54) is 9.64 Å². The number of carbonyl (C=O) groups is 1. The fourth-order valence-electron chi connectivity index (χ4n) is 3.76. The molecule has 5 nitrogen and oxygen atoms in total. The first-order valence-electron chi connectivity index (χ1n) is 8.64. The number of benzene rings is 1. The number of likely N-dealkylation sites (tertiary alicyclic amines) is 1. The van der Waals surface area contributed by atoms with Gasteiger partial charge in [0.05, 0.1) is 0 Å². The van der Waals surface area contributed by atoms with Crippen LogP contribution in [0.25, 0.3) is 0 Å². The van der Waals surface area contributed by atoms with Crippen molar-refractivity contribution in [2.24, 2.45) is 0 Å². The molecule has 0 spiro atoms. The average Bonchev–Trinajstić information content (AvgIpc) is 3.27. The molecule has 0 amide bonds. The summed E-state index contributed by atoms with van der Waals surface area (Å²) in [5.74, 6) is 0.954.